The van der Waals surface area contributed by atoms with E-state index in [1.165, 1.54) is 0 Å². The van der Waals surface area contributed by atoms with Gasteiger partial charge in [0.25, 0.3) is 11.8 Å². The van der Waals surface area contributed by atoms with E-state index in [1.807, 2.05) is 55.5 Å². The summed E-state index contributed by atoms with van der Waals surface area (Å²) in [6.07, 6.45) is 0. The van der Waals surface area contributed by atoms with Crippen molar-refractivity contribution in [3.05, 3.63) is 65.4 Å². The topological polar surface area (TPSA) is 69.3 Å². The van der Waals surface area contributed by atoms with Crippen LogP contribution >= 0.6 is 0 Å². The van der Waals surface area contributed by atoms with Crippen molar-refractivity contribution in [2.45, 2.75) is 6.92 Å². The first-order valence-corrected chi connectivity index (χ1v) is 8.72. The first kappa shape index (κ1) is 16.3. The van der Waals surface area contributed by atoms with E-state index in [4.69, 9.17) is 0 Å². The molecule has 6 nitrogen and oxygen atoms in total. The Balaban J connectivity index is 1.46. The van der Waals surface area contributed by atoms with Gasteiger partial charge in [-0.25, -0.2) is 0 Å². The minimum Gasteiger partial charge on any atom is -0.335 e. The van der Waals surface area contributed by atoms with Crippen LogP contribution in [-0.4, -0.2) is 58.0 Å². The smallest absolute Gasteiger partial charge is 0.275 e. The fourth-order valence-electron chi connectivity index (χ4n) is 3.32. The lowest BCUT2D eigenvalue weighted by Gasteiger charge is -2.34. The number of piperazine rings is 1. The largest absolute Gasteiger partial charge is 0.335 e. The Morgan fingerprint density at radius 3 is 2.27 bits per heavy atom. The molecular formula is C20H20N4O2. The second kappa shape index (κ2) is 6.63. The lowest BCUT2D eigenvalue weighted by molar-refractivity contribution is 0.0533. The van der Waals surface area contributed by atoms with Gasteiger partial charge in [0, 0.05) is 37.1 Å². The minimum atomic E-state index is -0.0892. The maximum Gasteiger partial charge on any atom is 0.275 e. The maximum atomic E-state index is 12.9. The SMILES string of the molecule is Cc1ccc2[nH]nc(C(=O)N3CCN(C(=O)c4ccccc4)CC3)c2c1. The van der Waals surface area contributed by atoms with E-state index in [2.05, 4.69) is 10.2 Å². The number of H-pyrrole nitrogens is 1. The number of carbonyl (C=O) groups excluding carboxylic acids is 2. The van der Waals surface area contributed by atoms with E-state index < -0.39 is 0 Å². The Hall–Kier alpha value is -3.15. The van der Waals surface area contributed by atoms with Gasteiger partial charge in [0.1, 0.15) is 0 Å². The molecule has 3 aromatic rings. The highest BCUT2D eigenvalue weighted by Crippen LogP contribution is 2.20. The van der Waals surface area contributed by atoms with Crippen LogP contribution in [0.2, 0.25) is 0 Å². The Bertz CT molecular complexity index is 956. The molecule has 2 amide bonds. The second-order valence-corrected chi connectivity index (χ2v) is 6.57. The summed E-state index contributed by atoms with van der Waals surface area (Å²) in [7, 11) is 0. The molecule has 1 fully saturated rings. The normalized spacial score (nSPS) is 14.7. The van der Waals surface area contributed by atoms with Gasteiger partial charge < -0.3 is 9.80 Å². The van der Waals surface area contributed by atoms with E-state index in [0.717, 1.165) is 16.5 Å². The zero-order valence-electron chi connectivity index (χ0n) is 14.6. The maximum absolute atomic E-state index is 12.9. The van der Waals surface area contributed by atoms with Crippen molar-refractivity contribution in [1.29, 1.82) is 0 Å². The van der Waals surface area contributed by atoms with Crippen molar-refractivity contribution in [2.75, 3.05) is 26.2 Å². The number of fused-ring (bicyclic) bond motifs is 1. The average molecular weight is 348 g/mol. The number of rotatable bonds is 2. The summed E-state index contributed by atoms with van der Waals surface area (Å²) in [5.41, 5.74) is 3.08. The predicted octanol–water partition coefficient (Wildman–Crippen LogP) is 2.47. The van der Waals surface area contributed by atoms with Crippen LogP contribution in [0.3, 0.4) is 0 Å². The summed E-state index contributed by atoms with van der Waals surface area (Å²) in [5, 5.41) is 7.98. The Labute approximate surface area is 151 Å². The summed E-state index contributed by atoms with van der Waals surface area (Å²) >= 11 is 0. The zero-order valence-corrected chi connectivity index (χ0v) is 14.6. The van der Waals surface area contributed by atoms with Gasteiger partial charge in [-0.15, -0.1) is 0 Å². The monoisotopic (exact) mass is 348 g/mol. The van der Waals surface area contributed by atoms with Gasteiger partial charge in [0.2, 0.25) is 0 Å². The van der Waals surface area contributed by atoms with Gasteiger partial charge in [-0.1, -0.05) is 29.8 Å². The van der Waals surface area contributed by atoms with Crippen LogP contribution in [-0.2, 0) is 0 Å². The zero-order chi connectivity index (χ0) is 18.1. The standard InChI is InChI=1S/C20H20N4O2/c1-14-7-8-17-16(13-14)18(22-21-17)20(26)24-11-9-23(10-12-24)19(25)15-5-3-2-4-6-15/h2-8,13H,9-12H2,1H3,(H,21,22). The van der Waals surface area contributed by atoms with Gasteiger partial charge in [-0.3, -0.25) is 14.7 Å². The fourth-order valence-corrected chi connectivity index (χ4v) is 3.32. The summed E-state index contributed by atoms with van der Waals surface area (Å²) < 4.78 is 0. The van der Waals surface area contributed by atoms with Crippen LogP contribution < -0.4 is 0 Å². The molecule has 0 bridgehead atoms. The molecule has 6 heteroatoms. The van der Waals surface area contributed by atoms with Crippen molar-refractivity contribution < 1.29 is 9.59 Å². The first-order valence-electron chi connectivity index (χ1n) is 8.72. The number of aromatic amines is 1. The molecule has 1 aliphatic rings. The summed E-state index contributed by atoms with van der Waals surface area (Å²) in [6.45, 7) is 4.07. The van der Waals surface area contributed by atoms with Crippen LogP contribution in [0.1, 0.15) is 26.4 Å². The number of aromatic nitrogens is 2. The number of carbonyl (C=O) groups is 2. The van der Waals surface area contributed by atoms with Crippen molar-refractivity contribution in [1.82, 2.24) is 20.0 Å². The quantitative estimate of drug-likeness (QED) is 0.773. The number of nitrogens with zero attached hydrogens (tertiary/aromatic N) is 3. The Morgan fingerprint density at radius 2 is 1.58 bits per heavy atom. The van der Waals surface area contributed by atoms with E-state index in [1.54, 1.807) is 9.80 Å². The summed E-state index contributed by atoms with van der Waals surface area (Å²) in [5.74, 6) is -0.0767. The molecule has 0 aliphatic carbocycles. The van der Waals surface area contributed by atoms with Crippen LogP contribution in [0.15, 0.2) is 48.5 Å². The molecule has 2 heterocycles. The third-order valence-electron chi connectivity index (χ3n) is 4.80. The van der Waals surface area contributed by atoms with E-state index in [0.29, 0.717) is 37.4 Å². The molecular weight excluding hydrogens is 328 g/mol. The number of hydrogen-bond acceptors (Lipinski definition) is 3. The van der Waals surface area contributed by atoms with Gasteiger partial charge in [-0.05, 0) is 31.2 Å². The molecule has 4 rings (SSSR count). The van der Waals surface area contributed by atoms with Gasteiger partial charge in [-0.2, -0.15) is 5.10 Å². The Morgan fingerprint density at radius 1 is 0.923 bits per heavy atom. The average Bonchev–Trinajstić information content (AvgIpc) is 3.10. The first-order chi connectivity index (χ1) is 12.6. The number of amides is 2. The molecule has 1 N–H and O–H groups in total. The summed E-state index contributed by atoms with van der Waals surface area (Å²) in [4.78, 5) is 29.0. The molecule has 26 heavy (non-hydrogen) atoms. The second-order valence-electron chi connectivity index (χ2n) is 6.57. The van der Waals surface area contributed by atoms with E-state index in [-0.39, 0.29) is 11.8 Å². The number of hydrogen-bond donors (Lipinski definition) is 1. The minimum absolute atomic E-state index is 0.0125. The van der Waals surface area contributed by atoms with E-state index >= 15 is 0 Å². The lowest BCUT2D eigenvalue weighted by Crippen LogP contribution is -2.50. The Kier molecular flexibility index (Phi) is 4.16. The van der Waals surface area contributed by atoms with Gasteiger partial charge in [0.05, 0.1) is 5.52 Å². The van der Waals surface area contributed by atoms with Crippen molar-refractivity contribution in [3.63, 3.8) is 0 Å². The molecule has 0 saturated carbocycles. The van der Waals surface area contributed by atoms with Gasteiger partial charge >= 0.3 is 0 Å². The highest BCUT2D eigenvalue weighted by Gasteiger charge is 2.27. The molecule has 0 radical (unpaired) electrons. The van der Waals surface area contributed by atoms with Crippen molar-refractivity contribution >= 4 is 22.7 Å². The molecule has 1 aromatic heterocycles. The molecule has 0 atom stereocenters. The number of aryl methyl sites for hydroxylation is 1. The van der Waals surface area contributed by atoms with Crippen LogP contribution in [0.25, 0.3) is 10.9 Å². The summed E-state index contributed by atoms with van der Waals surface area (Å²) in [6, 6.07) is 15.1. The third-order valence-corrected chi connectivity index (χ3v) is 4.80. The molecule has 1 aliphatic heterocycles. The highest BCUT2D eigenvalue weighted by molar-refractivity contribution is 6.05. The van der Waals surface area contributed by atoms with Crippen LogP contribution in [0.4, 0.5) is 0 Å². The molecule has 0 spiro atoms. The third kappa shape index (κ3) is 2.94. The molecule has 2 aromatic carbocycles. The fraction of sp³-hybridized carbons (Fsp3) is 0.250. The van der Waals surface area contributed by atoms with Gasteiger partial charge in [0.15, 0.2) is 5.69 Å². The molecule has 1 saturated heterocycles. The van der Waals surface area contributed by atoms with Crippen LogP contribution in [0, 0.1) is 6.92 Å². The number of benzene rings is 2. The molecule has 0 unspecified atom stereocenters. The van der Waals surface area contributed by atoms with Crippen LogP contribution in [0.5, 0.6) is 0 Å². The van der Waals surface area contributed by atoms with Crippen molar-refractivity contribution in [2.24, 2.45) is 0 Å². The predicted molar refractivity (Wildman–Crippen MR) is 99.1 cm³/mol. The highest BCUT2D eigenvalue weighted by atomic mass is 16.2. The number of nitrogens with one attached hydrogen (secondary N) is 1. The molecule has 132 valence electrons. The lowest BCUT2D eigenvalue weighted by atomic mass is 10.1. The van der Waals surface area contributed by atoms with Crippen molar-refractivity contribution in [3.8, 4) is 0 Å². The van der Waals surface area contributed by atoms with E-state index in [9.17, 15) is 9.59 Å².